The second-order valence-corrected chi connectivity index (χ2v) is 7.03. The summed E-state index contributed by atoms with van der Waals surface area (Å²) < 4.78 is 13.5. The Hall–Kier alpha value is -1.20. The molecular weight excluding hydrogens is 342 g/mol. The van der Waals surface area contributed by atoms with Gasteiger partial charge in [-0.2, -0.15) is 0 Å². The van der Waals surface area contributed by atoms with Crippen LogP contribution in [0.4, 0.5) is 0 Å². The molecule has 1 aliphatic rings. The molecule has 3 nitrogen and oxygen atoms in total. The Balaban J connectivity index is 1.86. The van der Waals surface area contributed by atoms with Crippen LogP contribution < -0.4 is 5.32 Å². The van der Waals surface area contributed by atoms with Gasteiger partial charge in [0.1, 0.15) is 0 Å². The highest BCUT2D eigenvalue weighted by atomic mass is 79.9. The second kappa shape index (κ2) is 6.13. The molecule has 1 N–H and O–H groups in total. The van der Waals surface area contributed by atoms with Crippen LogP contribution in [0.2, 0.25) is 0 Å². The van der Waals surface area contributed by atoms with Gasteiger partial charge in [-0.15, -0.1) is 0 Å². The minimum Gasteiger partial charge on any atom is -0.329 e. The second-order valence-electron chi connectivity index (χ2n) is 6.11. The Kier molecular flexibility index (Phi) is 4.37. The molecule has 1 heterocycles. The van der Waals surface area contributed by atoms with Crippen molar-refractivity contribution in [2.75, 3.05) is 6.54 Å². The highest BCUT2D eigenvalue weighted by Crippen LogP contribution is 2.36. The van der Waals surface area contributed by atoms with Crippen molar-refractivity contribution < 1.29 is 9.47 Å². The number of halogens is 1. The molecule has 116 valence electrons. The third-order valence-corrected chi connectivity index (χ3v) is 4.20. The first-order valence-electron chi connectivity index (χ1n) is 7.38. The number of nitrogens with one attached hydrogen (secondary N) is 1. The standard InChI is InChI=1S/C18H20BrNO2/c1-17(2)13-20-18(22-17,15-8-10-16(19)11-9-15)21-12-14-6-4-3-5-7-14/h3-11,20H,12-13H2,1-2H3. The Bertz CT molecular complexity index is 627. The number of benzene rings is 2. The van der Waals surface area contributed by atoms with Gasteiger partial charge in [0.05, 0.1) is 12.2 Å². The van der Waals surface area contributed by atoms with E-state index < -0.39 is 5.91 Å². The summed E-state index contributed by atoms with van der Waals surface area (Å²) in [5.74, 6) is -0.903. The summed E-state index contributed by atoms with van der Waals surface area (Å²) in [5, 5.41) is 3.41. The zero-order valence-corrected chi connectivity index (χ0v) is 14.4. The SMILES string of the molecule is CC1(C)CNC(OCc2ccccc2)(c2ccc(Br)cc2)O1. The maximum absolute atomic E-state index is 6.24. The third kappa shape index (κ3) is 3.41. The number of hydrogen-bond donors (Lipinski definition) is 1. The first-order valence-corrected chi connectivity index (χ1v) is 8.18. The van der Waals surface area contributed by atoms with Gasteiger partial charge >= 0.3 is 0 Å². The van der Waals surface area contributed by atoms with E-state index in [2.05, 4.69) is 47.2 Å². The molecule has 1 atom stereocenters. The molecule has 2 aromatic rings. The highest BCUT2D eigenvalue weighted by molar-refractivity contribution is 9.10. The van der Waals surface area contributed by atoms with Crippen LogP contribution in [-0.4, -0.2) is 12.1 Å². The maximum atomic E-state index is 6.24. The van der Waals surface area contributed by atoms with E-state index in [1.54, 1.807) is 0 Å². The molecule has 22 heavy (non-hydrogen) atoms. The lowest BCUT2D eigenvalue weighted by atomic mass is 10.1. The van der Waals surface area contributed by atoms with E-state index in [9.17, 15) is 0 Å². The van der Waals surface area contributed by atoms with Gasteiger partial charge in [0.25, 0.3) is 5.91 Å². The first kappa shape index (κ1) is 15.7. The predicted octanol–water partition coefficient (Wildman–Crippen LogP) is 4.17. The lowest BCUT2D eigenvalue weighted by molar-refractivity contribution is -0.270. The van der Waals surface area contributed by atoms with Gasteiger partial charge in [0.15, 0.2) is 0 Å². The molecule has 0 saturated carbocycles. The fourth-order valence-electron chi connectivity index (χ4n) is 2.54. The molecule has 0 aliphatic carbocycles. The largest absolute Gasteiger partial charge is 0.329 e. The molecule has 1 saturated heterocycles. The number of ether oxygens (including phenoxy) is 2. The van der Waals surface area contributed by atoms with Crippen molar-refractivity contribution in [3.05, 3.63) is 70.2 Å². The van der Waals surface area contributed by atoms with Crippen molar-refractivity contribution in [2.45, 2.75) is 32.0 Å². The molecule has 0 amide bonds. The predicted molar refractivity (Wildman–Crippen MR) is 90.2 cm³/mol. The normalized spacial score (nSPS) is 23.6. The summed E-state index contributed by atoms with van der Waals surface area (Å²) in [7, 11) is 0. The van der Waals surface area contributed by atoms with Crippen molar-refractivity contribution in [2.24, 2.45) is 0 Å². The van der Waals surface area contributed by atoms with Crippen LogP contribution in [0.1, 0.15) is 25.0 Å². The Morgan fingerprint density at radius 2 is 1.77 bits per heavy atom. The van der Waals surface area contributed by atoms with Gasteiger partial charge in [-0.3, -0.25) is 5.32 Å². The van der Waals surface area contributed by atoms with Gasteiger partial charge in [-0.25, -0.2) is 0 Å². The Morgan fingerprint density at radius 3 is 2.36 bits per heavy atom. The van der Waals surface area contributed by atoms with Gasteiger partial charge < -0.3 is 9.47 Å². The van der Waals surface area contributed by atoms with Gasteiger partial charge in [0.2, 0.25) is 0 Å². The molecule has 4 heteroatoms. The van der Waals surface area contributed by atoms with Crippen molar-refractivity contribution in [1.82, 2.24) is 5.32 Å². The summed E-state index contributed by atoms with van der Waals surface area (Å²) >= 11 is 3.47. The number of rotatable bonds is 4. The van der Waals surface area contributed by atoms with E-state index in [1.807, 2.05) is 42.5 Å². The van der Waals surface area contributed by atoms with Crippen LogP contribution in [0, 0.1) is 0 Å². The molecule has 1 fully saturated rings. The average molecular weight is 362 g/mol. The van der Waals surface area contributed by atoms with E-state index in [4.69, 9.17) is 9.47 Å². The molecule has 0 aromatic heterocycles. The molecule has 3 rings (SSSR count). The quantitative estimate of drug-likeness (QED) is 0.886. The van der Waals surface area contributed by atoms with Crippen LogP contribution in [0.15, 0.2) is 59.1 Å². The zero-order valence-electron chi connectivity index (χ0n) is 12.8. The van der Waals surface area contributed by atoms with Gasteiger partial charge in [-0.05, 0) is 31.5 Å². The van der Waals surface area contributed by atoms with E-state index >= 15 is 0 Å². The average Bonchev–Trinajstić information content (AvgIpc) is 2.83. The summed E-state index contributed by atoms with van der Waals surface area (Å²) in [4.78, 5) is 0. The van der Waals surface area contributed by atoms with Gasteiger partial charge in [-0.1, -0.05) is 58.4 Å². The fraction of sp³-hybridized carbons (Fsp3) is 0.333. The summed E-state index contributed by atoms with van der Waals surface area (Å²) in [6.45, 7) is 5.34. The Morgan fingerprint density at radius 1 is 1.09 bits per heavy atom. The minimum atomic E-state index is -0.903. The number of hydrogen-bond acceptors (Lipinski definition) is 3. The molecule has 2 aromatic carbocycles. The maximum Gasteiger partial charge on any atom is 0.256 e. The van der Waals surface area contributed by atoms with Crippen LogP contribution in [0.3, 0.4) is 0 Å². The zero-order chi connectivity index (χ0) is 15.6. The Labute approximate surface area is 139 Å². The van der Waals surface area contributed by atoms with Crippen molar-refractivity contribution in [3.8, 4) is 0 Å². The fourth-order valence-corrected chi connectivity index (χ4v) is 2.81. The van der Waals surface area contributed by atoms with Crippen LogP contribution in [0.25, 0.3) is 0 Å². The monoisotopic (exact) mass is 361 g/mol. The molecule has 0 bridgehead atoms. The molecule has 0 radical (unpaired) electrons. The van der Waals surface area contributed by atoms with Gasteiger partial charge in [0, 0.05) is 16.6 Å². The first-order chi connectivity index (χ1) is 10.5. The molecule has 0 spiro atoms. The highest BCUT2D eigenvalue weighted by Gasteiger charge is 2.46. The topological polar surface area (TPSA) is 30.5 Å². The third-order valence-electron chi connectivity index (χ3n) is 3.68. The molecular formula is C18H20BrNO2. The smallest absolute Gasteiger partial charge is 0.256 e. The van der Waals surface area contributed by atoms with E-state index in [0.717, 1.165) is 22.1 Å². The summed E-state index contributed by atoms with van der Waals surface area (Å²) in [6, 6.07) is 18.2. The van der Waals surface area contributed by atoms with Crippen LogP contribution in [0.5, 0.6) is 0 Å². The van der Waals surface area contributed by atoms with E-state index in [1.165, 1.54) is 0 Å². The molecule has 1 unspecified atom stereocenters. The van der Waals surface area contributed by atoms with Crippen LogP contribution >= 0.6 is 15.9 Å². The summed E-state index contributed by atoms with van der Waals surface area (Å²) in [5.41, 5.74) is 1.82. The van der Waals surface area contributed by atoms with E-state index in [-0.39, 0.29) is 5.60 Å². The van der Waals surface area contributed by atoms with E-state index in [0.29, 0.717) is 6.61 Å². The van der Waals surface area contributed by atoms with Crippen molar-refractivity contribution in [3.63, 3.8) is 0 Å². The van der Waals surface area contributed by atoms with Crippen molar-refractivity contribution in [1.29, 1.82) is 0 Å². The minimum absolute atomic E-state index is 0.274. The van der Waals surface area contributed by atoms with Crippen LogP contribution in [-0.2, 0) is 22.0 Å². The van der Waals surface area contributed by atoms with Crippen molar-refractivity contribution >= 4 is 15.9 Å². The lowest BCUT2D eigenvalue weighted by Crippen LogP contribution is -2.41. The summed E-state index contributed by atoms with van der Waals surface area (Å²) in [6.07, 6.45) is 0. The molecule has 1 aliphatic heterocycles. The lowest BCUT2D eigenvalue weighted by Gasteiger charge is -2.31.